The van der Waals surface area contributed by atoms with E-state index in [4.69, 9.17) is 4.74 Å². The van der Waals surface area contributed by atoms with E-state index in [1.807, 2.05) is 23.5 Å². The number of nitrogens with zero attached hydrogens (tertiary/aromatic N) is 1. The lowest BCUT2D eigenvalue weighted by Gasteiger charge is -2.04. The van der Waals surface area contributed by atoms with Crippen LogP contribution in [0.5, 0.6) is 5.88 Å². The number of hydrogen-bond acceptors (Lipinski definition) is 4. The van der Waals surface area contributed by atoms with Crippen LogP contribution in [-0.4, -0.2) is 12.1 Å². The number of nitrogens with one attached hydrogen (secondary N) is 1. The Bertz CT molecular complexity index is 508. The zero-order valence-electron chi connectivity index (χ0n) is 10.4. The third kappa shape index (κ3) is 3.54. The van der Waals surface area contributed by atoms with Gasteiger partial charge in [0.05, 0.1) is 7.11 Å². The van der Waals surface area contributed by atoms with Crippen LogP contribution in [0.3, 0.4) is 0 Å². The topological polar surface area (TPSA) is 34.1 Å². The van der Waals surface area contributed by atoms with Gasteiger partial charge >= 0.3 is 0 Å². The van der Waals surface area contributed by atoms with Crippen LogP contribution in [0.4, 0.5) is 0 Å². The summed E-state index contributed by atoms with van der Waals surface area (Å²) in [7, 11) is 1.63. The first-order chi connectivity index (χ1) is 8.69. The molecule has 2 aromatic heterocycles. The van der Waals surface area contributed by atoms with Crippen molar-refractivity contribution in [2.75, 3.05) is 7.11 Å². The van der Waals surface area contributed by atoms with Crippen LogP contribution in [0.25, 0.3) is 0 Å². The molecular formula is C13H15BrN2OS. The number of thiophene rings is 1. The standard InChI is InChI=1S/C13H15BrN2OS/c1-9-12(14)6-11(18-9)8-15-7-10-3-4-16-13(5-10)17-2/h3-6,15H,7-8H2,1-2H3. The van der Waals surface area contributed by atoms with Crippen molar-refractivity contribution >= 4 is 27.3 Å². The molecule has 0 spiro atoms. The summed E-state index contributed by atoms with van der Waals surface area (Å²) in [5.74, 6) is 0.656. The lowest BCUT2D eigenvalue weighted by molar-refractivity contribution is 0.397. The number of halogens is 1. The maximum atomic E-state index is 5.10. The van der Waals surface area contributed by atoms with Crippen LogP contribution >= 0.6 is 27.3 Å². The minimum atomic E-state index is 0.656. The Kier molecular flexibility index (Phi) is 4.74. The molecule has 0 aliphatic rings. The summed E-state index contributed by atoms with van der Waals surface area (Å²) < 4.78 is 6.29. The molecule has 0 aliphatic heterocycles. The smallest absolute Gasteiger partial charge is 0.213 e. The molecule has 0 unspecified atom stereocenters. The second kappa shape index (κ2) is 6.31. The molecular weight excluding hydrogens is 312 g/mol. The molecule has 0 radical (unpaired) electrons. The summed E-state index contributed by atoms with van der Waals surface area (Å²) in [6.45, 7) is 3.81. The molecule has 0 aliphatic carbocycles. The van der Waals surface area contributed by atoms with Gasteiger partial charge in [-0.2, -0.15) is 0 Å². The van der Waals surface area contributed by atoms with E-state index in [0.717, 1.165) is 13.1 Å². The van der Waals surface area contributed by atoms with Crippen LogP contribution < -0.4 is 10.1 Å². The second-order valence-corrected chi connectivity index (χ2v) is 6.12. The fourth-order valence-electron chi connectivity index (χ4n) is 1.61. The first-order valence-electron chi connectivity index (χ1n) is 5.63. The monoisotopic (exact) mass is 326 g/mol. The van der Waals surface area contributed by atoms with Gasteiger partial charge in [0.1, 0.15) is 0 Å². The van der Waals surface area contributed by atoms with Gasteiger partial charge in [-0.15, -0.1) is 11.3 Å². The Hall–Kier alpha value is -0.910. The van der Waals surface area contributed by atoms with Gasteiger partial charge < -0.3 is 10.1 Å². The average Bonchev–Trinajstić information content (AvgIpc) is 2.69. The SMILES string of the molecule is COc1cc(CNCc2cc(Br)c(C)s2)ccn1. The van der Waals surface area contributed by atoms with Crippen molar-refractivity contribution in [3.63, 3.8) is 0 Å². The summed E-state index contributed by atoms with van der Waals surface area (Å²) in [6, 6.07) is 6.10. The van der Waals surface area contributed by atoms with Crippen LogP contribution in [0.1, 0.15) is 15.3 Å². The van der Waals surface area contributed by atoms with Gasteiger partial charge in [-0.25, -0.2) is 4.98 Å². The van der Waals surface area contributed by atoms with Crippen molar-refractivity contribution in [1.82, 2.24) is 10.3 Å². The van der Waals surface area contributed by atoms with Crippen LogP contribution in [0, 0.1) is 6.92 Å². The molecule has 5 heteroatoms. The van der Waals surface area contributed by atoms with Crippen molar-refractivity contribution in [2.45, 2.75) is 20.0 Å². The Balaban J connectivity index is 1.88. The van der Waals surface area contributed by atoms with E-state index < -0.39 is 0 Å². The van der Waals surface area contributed by atoms with Crippen molar-refractivity contribution in [1.29, 1.82) is 0 Å². The first kappa shape index (κ1) is 13.5. The van der Waals surface area contributed by atoms with Crippen molar-refractivity contribution in [3.8, 4) is 5.88 Å². The average molecular weight is 327 g/mol. The highest BCUT2D eigenvalue weighted by Gasteiger charge is 2.02. The van der Waals surface area contributed by atoms with Gasteiger partial charge in [-0.1, -0.05) is 0 Å². The second-order valence-electron chi connectivity index (χ2n) is 3.93. The number of aryl methyl sites for hydroxylation is 1. The highest BCUT2D eigenvalue weighted by Crippen LogP contribution is 2.26. The molecule has 0 amide bonds. The number of aromatic nitrogens is 1. The van der Waals surface area contributed by atoms with Gasteiger partial charge in [0.15, 0.2) is 0 Å². The van der Waals surface area contributed by atoms with E-state index in [1.54, 1.807) is 13.3 Å². The molecule has 18 heavy (non-hydrogen) atoms. The maximum Gasteiger partial charge on any atom is 0.213 e. The third-order valence-electron chi connectivity index (χ3n) is 2.54. The van der Waals surface area contributed by atoms with Gasteiger partial charge in [0.25, 0.3) is 0 Å². The van der Waals surface area contributed by atoms with Gasteiger partial charge in [0, 0.05) is 39.6 Å². The molecule has 0 atom stereocenters. The summed E-state index contributed by atoms with van der Waals surface area (Å²) in [5.41, 5.74) is 1.18. The predicted octanol–water partition coefficient (Wildman–Crippen LogP) is 3.51. The summed E-state index contributed by atoms with van der Waals surface area (Å²) in [6.07, 6.45) is 1.77. The largest absolute Gasteiger partial charge is 0.481 e. The zero-order chi connectivity index (χ0) is 13.0. The van der Waals surface area contributed by atoms with Gasteiger partial charge in [-0.05, 0) is 40.5 Å². The highest BCUT2D eigenvalue weighted by atomic mass is 79.9. The third-order valence-corrected chi connectivity index (χ3v) is 4.68. The van der Waals surface area contributed by atoms with E-state index in [2.05, 4.69) is 39.2 Å². The van der Waals surface area contributed by atoms with Crippen molar-refractivity contribution in [3.05, 3.63) is 44.2 Å². The molecule has 2 aromatic rings. The van der Waals surface area contributed by atoms with Crippen LogP contribution in [0.2, 0.25) is 0 Å². The Morgan fingerprint density at radius 1 is 1.39 bits per heavy atom. The van der Waals surface area contributed by atoms with E-state index >= 15 is 0 Å². The molecule has 0 fully saturated rings. The lowest BCUT2D eigenvalue weighted by atomic mass is 10.2. The van der Waals surface area contributed by atoms with Gasteiger partial charge in [0.2, 0.25) is 5.88 Å². The molecule has 1 N–H and O–H groups in total. The predicted molar refractivity (Wildman–Crippen MR) is 78.1 cm³/mol. The van der Waals surface area contributed by atoms with Crippen molar-refractivity contribution < 1.29 is 4.74 Å². The van der Waals surface area contributed by atoms with E-state index in [9.17, 15) is 0 Å². The lowest BCUT2D eigenvalue weighted by Crippen LogP contribution is -2.11. The molecule has 0 saturated carbocycles. The number of ether oxygens (including phenoxy) is 1. The number of rotatable bonds is 5. The summed E-state index contributed by atoms with van der Waals surface area (Å²) in [5, 5.41) is 3.42. The van der Waals surface area contributed by atoms with E-state index in [1.165, 1.54) is 19.8 Å². The normalized spacial score (nSPS) is 10.6. The molecule has 3 nitrogen and oxygen atoms in total. The molecule has 0 bridgehead atoms. The minimum absolute atomic E-state index is 0.656. The number of pyridine rings is 1. The minimum Gasteiger partial charge on any atom is -0.481 e. The van der Waals surface area contributed by atoms with Crippen LogP contribution in [-0.2, 0) is 13.1 Å². The fourth-order valence-corrected chi connectivity index (χ4v) is 3.18. The summed E-state index contributed by atoms with van der Waals surface area (Å²) >= 11 is 5.34. The van der Waals surface area contributed by atoms with E-state index in [0.29, 0.717) is 5.88 Å². The van der Waals surface area contributed by atoms with E-state index in [-0.39, 0.29) is 0 Å². The molecule has 0 aromatic carbocycles. The highest BCUT2D eigenvalue weighted by molar-refractivity contribution is 9.10. The fraction of sp³-hybridized carbons (Fsp3) is 0.308. The Morgan fingerprint density at radius 2 is 2.22 bits per heavy atom. The Morgan fingerprint density at radius 3 is 2.89 bits per heavy atom. The van der Waals surface area contributed by atoms with Crippen molar-refractivity contribution in [2.24, 2.45) is 0 Å². The zero-order valence-corrected chi connectivity index (χ0v) is 12.8. The number of methoxy groups -OCH3 is 1. The molecule has 96 valence electrons. The summed E-state index contributed by atoms with van der Waals surface area (Å²) in [4.78, 5) is 6.74. The molecule has 2 rings (SSSR count). The van der Waals surface area contributed by atoms with Crippen LogP contribution in [0.15, 0.2) is 28.9 Å². The van der Waals surface area contributed by atoms with Gasteiger partial charge in [-0.3, -0.25) is 0 Å². The quantitative estimate of drug-likeness (QED) is 0.912. The first-order valence-corrected chi connectivity index (χ1v) is 7.24. The Labute approximate surface area is 119 Å². The molecule has 2 heterocycles. The molecule has 0 saturated heterocycles. The number of hydrogen-bond donors (Lipinski definition) is 1. The maximum absolute atomic E-state index is 5.10.